The monoisotopic (exact) mass is 335 g/mol. The highest BCUT2D eigenvalue weighted by atomic mass is 35.5. The van der Waals surface area contributed by atoms with Crippen LogP contribution in [-0.2, 0) is 23.9 Å². The quantitative estimate of drug-likeness (QED) is 0.594. The zero-order valence-electron chi connectivity index (χ0n) is 14.1. The van der Waals surface area contributed by atoms with Crippen molar-refractivity contribution in [3.8, 4) is 0 Å². The number of amides is 1. The topological polar surface area (TPSA) is 81.7 Å². The largest absolute Gasteiger partial charge is 0.460 e. The van der Waals surface area contributed by atoms with Crippen LogP contribution in [0.3, 0.4) is 0 Å². The third-order valence-electron chi connectivity index (χ3n) is 2.21. The van der Waals surface area contributed by atoms with Crippen molar-refractivity contribution in [1.29, 1.82) is 0 Å². The minimum absolute atomic E-state index is 0.0102. The molecule has 0 radical (unpaired) electrons. The molecule has 0 aliphatic heterocycles. The number of alkyl halides is 1. The van der Waals surface area contributed by atoms with E-state index in [0.29, 0.717) is 0 Å². The molecule has 0 aliphatic rings. The SMILES string of the molecule is CC(C)(C)OC(=O)CC[C@H](NC(=O)CCl)C(=O)OC(C)(C)C. The molecule has 0 rings (SSSR count). The standard InChI is InChI=1S/C15H26ClNO5/c1-14(2,3)21-12(19)8-7-10(17-11(18)9-16)13(20)22-15(4,5)6/h10H,7-9H2,1-6H3,(H,17,18)/t10-/m0/s1. The Morgan fingerprint density at radius 2 is 1.50 bits per heavy atom. The summed E-state index contributed by atoms with van der Waals surface area (Å²) in [6.45, 7) is 10.4. The van der Waals surface area contributed by atoms with E-state index in [9.17, 15) is 14.4 Å². The average Bonchev–Trinajstić information content (AvgIpc) is 2.29. The Labute approximate surface area is 136 Å². The fourth-order valence-electron chi connectivity index (χ4n) is 1.51. The van der Waals surface area contributed by atoms with Gasteiger partial charge in [-0.25, -0.2) is 4.79 Å². The van der Waals surface area contributed by atoms with Gasteiger partial charge in [0.05, 0.1) is 0 Å². The number of carbonyl (C=O) groups excluding carboxylic acids is 3. The molecule has 0 heterocycles. The van der Waals surface area contributed by atoms with Gasteiger partial charge in [0.1, 0.15) is 23.1 Å². The van der Waals surface area contributed by atoms with Crippen molar-refractivity contribution in [2.24, 2.45) is 0 Å². The van der Waals surface area contributed by atoms with Crippen LogP contribution in [0, 0.1) is 0 Å². The summed E-state index contributed by atoms with van der Waals surface area (Å²) in [6, 6.07) is -0.932. The molecule has 0 aromatic rings. The molecular formula is C15H26ClNO5. The second-order valence-corrected chi connectivity index (χ2v) is 7.18. The highest BCUT2D eigenvalue weighted by Crippen LogP contribution is 2.13. The highest BCUT2D eigenvalue weighted by Gasteiger charge is 2.28. The first kappa shape index (κ1) is 20.7. The van der Waals surface area contributed by atoms with E-state index in [4.69, 9.17) is 21.1 Å². The average molecular weight is 336 g/mol. The first-order valence-corrected chi connectivity index (χ1v) is 7.67. The van der Waals surface area contributed by atoms with Gasteiger partial charge in [0, 0.05) is 6.42 Å². The van der Waals surface area contributed by atoms with Crippen molar-refractivity contribution in [1.82, 2.24) is 5.32 Å². The van der Waals surface area contributed by atoms with E-state index in [-0.39, 0.29) is 18.7 Å². The van der Waals surface area contributed by atoms with Crippen molar-refractivity contribution in [2.45, 2.75) is 71.6 Å². The Hall–Kier alpha value is -1.30. The van der Waals surface area contributed by atoms with Crippen LogP contribution < -0.4 is 5.32 Å². The second kappa shape index (κ2) is 8.36. The first-order valence-electron chi connectivity index (χ1n) is 7.14. The number of esters is 2. The minimum atomic E-state index is -0.932. The van der Waals surface area contributed by atoms with Gasteiger partial charge < -0.3 is 14.8 Å². The summed E-state index contributed by atoms with van der Waals surface area (Å²) in [6.07, 6.45) is 0.0796. The summed E-state index contributed by atoms with van der Waals surface area (Å²) in [5.74, 6) is -1.82. The molecule has 1 amide bonds. The molecule has 0 saturated heterocycles. The van der Waals surface area contributed by atoms with E-state index in [1.807, 2.05) is 0 Å². The Morgan fingerprint density at radius 1 is 1.00 bits per heavy atom. The highest BCUT2D eigenvalue weighted by molar-refractivity contribution is 6.27. The summed E-state index contributed by atoms with van der Waals surface area (Å²) in [7, 11) is 0. The third kappa shape index (κ3) is 10.4. The summed E-state index contributed by atoms with van der Waals surface area (Å²) < 4.78 is 10.4. The van der Waals surface area contributed by atoms with Crippen molar-refractivity contribution in [2.75, 3.05) is 5.88 Å². The molecule has 22 heavy (non-hydrogen) atoms. The zero-order valence-corrected chi connectivity index (χ0v) is 14.9. The second-order valence-electron chi connectivity index (χ2n) is 6.91. The maximum absolute atomic E-state index is 12.1. The number of hydrogen-bond acceptors (Lipinski definition) is 5. The molecule has 0 saturated carbocycles. The zero-order chi connectivity index (χ0) is 17.6. The van der Waals surface area contributed by atoms with Crippen LogP contribution in [0.1, 0.15) is 54.4 Å². The Bertz CT molecular complexity index is 409. The fourth-order valence-corrected chi connectivity index (χ4v) is 1.59. The molecule has 0 spiro atoms. The van der Waals surface area contributed by atoms with E-state index < -0.39 is 35.1 Å². The first-order chi connectivity index (χ1) is 9.84. The lowest BCUT2D eigenvalue weighted by Gasteiger charge is -2.25. The number of rotatable bonds is 6. The molecule has 6 nitrogen and oxygen atoms in total. The van der Waals surface area contributed by atoms with Crippen molar-refractivity contribution in [3.05, 3.63) is 0 Å². The fraction of sp³-hybridized carbons (Fsp3) is 0.800. The minimum Gasteiger partial charge on any atom is -0.460 e. The van der Waals surface area contributed by atoms with Crippen LogP contribution >= 0.6 is 11.6 Å². The van der Waals surface area contributed by atoms with Gasteiger partial charge in [0.2, 0.25) is 5.91 Å². The van der Waals surface area contributed by atoms with Crippen LogP contribution in [0.5, 0.6) is 0 Å². The van der Waals surface area contributed by atoms with Crippen LogP contribution in [0.25, 0.3) is 0 Å². The normalized spacial score (nSPS) is 13.2. The Morgan fingerprint density at radius 3 is 1.91 bits per heavy atom. The van der Waals surface area contributed by atoms with E-state index in [0.717, 1.165) is 0 Å². The molecule has 0 fully saturated rings. The molecule has 0 bridgehead atoms. The molecular weight excluding hydrogens is 310 g/mol. The van der Waals surface area contributed by atoms with E-state index in [1.165, 1.54) is 0 Å². The number of carbonyl (C=O) groups is 3. The number of halogens is 1. The summed E-state index contributed by atoms with van der Waals surface area (Å²) in [5.41, 5.74) is -1.29. The van der Waals surface area contributed by atoms with E-state index >= 15 is 0 Å². The molecule has 1 N–H and O–H groups in total. The lowest BCUT2D eigenvalue weighted by molar-refractivity contribution is -0.160. The molecule has 1 atom stereocenters. The number of nitrogens with one attached hydrogen (secondary N) is 1. The summed E-state index contributed by atoms with van der Waals surface area (Å²) >= 11 is 5.43. The van der Waals surface area contributed by atoms with Gasteiger partial charge in [-0.2, -0.15) is 0 Å². The van der Waals surface area contributed by atoms with Gasteiger partial charge in [0.15, 0.2) is 0 Å². The van der Waals surface area contributed by atoms with Gasteiger partial charge in [0.25, 0.3) is 0 Å². The molecule has 0 unspecified atom stereocenters. The van der Waals surface area contributed by atoms with Crippen LogP contribution in [-0.4, -0.2) is 41.0 Å². The van der Waals surface area contributed by atoms with Crippen LogP contribution in [0.15, 0.2) is 0 Å². The van der Waals surface area contributed by atoms with Crippen LogP contribution in [0.4, 0.5) is 0 Å². The summed E-state index contributed by atoms with van der Waals surface area (Å²) in [4.78, 5) is 35.2. The Kier molecular flexibility index (Phi) is 7.87. The van der Waals surface area contributed by atoms with E-state index in [2.05, 4.69) is 5.32 Å². The molecule has 0 aromatic heterocycles. The smallest absolute Gasteiger partial charge is 0.329 e. The molecule has 0 aromatic carbocycles. The van der Waals surface area contributed by atoms with Gasteiger partial charge in [-0.3, -0.25) is 9.59 Å². The number of hydrogen-bond donors (Lipinski definition) is 1. The maximum atomic E-state index is 12.1. The van der Waals surface area contributed by atoms with Gasteiger partial charge in [-0.15, -0.1) is 11.6 Å². The Balaban J connectivity index is 4.70. The predicted molar refractivity (Wildman–Crippen MR) is 83.6 cm³/mol. The van der Waals surface area contributed by atoms with Crippen molar-refractivity contribution >= 4 is 29.4 Å². The van der Waals surface area contributed by atoms with E-state index in [1.54, 1.807) is 41.5 Å². The van der Waals surface area contributed by atoms with Gasteiger partial charge >= 0.3 is 11.9 Å². The van der Waals surface area contributed by atoms with Gasteiger partial charge in [-0.1, -0.05) is 0 Å². The molecule has 7 heteroatoms. The predicted octanol–water partition coefficient (Wildman–Crippen LogP) is 2.17. The lowest BCUT2D eigenvalue weighted by atomic mass is 10.1. The van der Waals surface area contributed by atoms with Gasteiger partial charge in [-0.05, 0) is 48.0 Å². The van der Waals surface area contributed by atoms with Crippen molar-refractivity contribution in [3.63, 3.8) is 0 Å². The summed E-state index contributed by atoms with van der Waals surface area (Å²) in [5, 5.41) is 2.45. The van der Waals surface area contributed by atoms with Crippen molar-refractivity contribution < 1.29 is 23.9 Å². The molecule has 128 valence electrons. The maximum Gasteiger partial charge on any atom is 0.329 e. The third-order valence-corrected chi connectivity index (χ3v) is 2.45. The lowest BCUT2D eigenvalue weighted by Crippen LogP contribution is -2.45. The van der Waals surface area contributed by atoms with Crippen LogP contribution in [0.2, 0.25) is 0 Å². The number of ether oxygens (including phenoxy) is 2. The molecule has 0 aliphatic carbocycles.